The average Bonchev–Trinajstić information content (AvgIpc) is 3.67. The van der Waals surface area contributed by atoms with Crippen LogP contribution in [0.5, 0.6) is 0 Å². The van der Waals surface area contributed by atoms with Crippen molar-refractivity contribution in [2.45, 2.75) is 25.4 Å². The second-order valence-corrected chi connectivity index (χ2v) is 12.0. The smallest absolute Gasteiger partial charge is 0.188 e. The minimum atomic E-state index is -0.583. The zero-order chi connectivity index (χ0) is 28.7. The quantitative estimate of drug-likeness (QED) is 0.195. The van der Waals surface area contributed by atoms with Gasteiger partial charge in [-0.1, -0.05) is 98.8 Å². The van der Waals surface area contributed by atoms with E-state index in [1.54, 1.807) is 0 Å². The fraction of sp³-hybridized carbons (Fsp3) is 0.100. The van der Waals surface area contributed by atoms with Crippen molar-refractivity contribution >= 4 is 11.0 Å². The van der Waals surface area contributed by atoms with Gasteiger partial charge in [-0.15, -0.1) is 9.13 Å². The highest BCUT2D eigenvalue weighted by Crippen LogP contribution is 2.49. The van der Waals surface area contributed by atoms with Crippen LogP contribution >= 0.6 is 0 Å². The normalized spacial score (nSPS) is 16.0. The summed E-state index contributed by atoms with van der Waals surface area (Å²) in [5.41, 5.74) is 13.2. The molecular weight excluding hydrogens is 522 g/mol. The van der Waals surface area contributed by atoms with Gasteiger partial charge in [0.1, 0.15) is 5.69 Å². The average molecular weight is 554 g/mol. The van der Waals surface area contributed by atoms with Crippen molar-refractivity contribution in [3.05, 3.63) is 162 Å². The lowest BCUT2D eigenvalue weighted by Crippen LogP contribution is -2.71. The Labute approximate surface area is 251 Å². The molecule has 1 atom stereocenters. The van der Waals surface area contributed by atoms with Gasteiger partial charge in [0.25, 0.3) is 0 Å². The second-order valence-electron chi connectivity index (χ2n) is 12.0. The summed E-state index contributed by atoms with van der Waals surface area (Å²) in [7, 11) is 0. The Balaban J connectivity index is 1.48. The molecule has 2 aliphatic heterocycles. The lowest BCUT2D eigenvalue weighted by Gasteiger charge is -2.20. The van der Waals surface area contributed by atoms with Gasteiger partial charge in [-0.3, -0.25) is 0 Å². The molecule has 1 unspecified atom stereocenters. The minimum Gasteiger partial charge on any atom is -0.188 e. The molecule has 0 N–H and O–H groups in total. The predicted octanol–water partition coefficient (Wildman–Crippen LogP) is 8.25. The first-order chi connectivity index (χ1) is 21.2. The fourth-order valence-corrected chi connectivity index (χ4v) is 7.70. The molecule has 9 rings (SSSR count). The zero-order valence-electron chi connectivity index (χ0n) is 24.3. The number of benzene rings is 5. The Morgan fingerprint density at radius 2 is 1.23 bits per heavy atom. The number of hydrogen-bond acceptors (Lipinski definition) is 0. The van der Waals surface area contributed by atoms with Crippen molar-refractivity contribution in [1.29, 1.82) is 0 Å². The molecule has 3 heteroatoms. The Kier molecular flexibility index (Phi) is 5.01. The number of nitrogens with zero attached hydrogens (tertiary/aromatic N) is 3. The molecule has 0 amide bonds. The highest BCUT2D eigenvalue weighted by atomic mass is 15.4. The van der Waals surface area contributed by atoms with Gasteiger partial charge >= 0.3 is 11.5 Å². The van der Waals surface area contributed by atoms with Crippen LogP contribution in [0.3, 0.4) is 0 Å². The van der Waals surface area contributed by atoms with Gasteiger partial charge in [0.15, 0.2) is 17.2 Å². The first-order valence-electron chi connectivity index (χ1n) is 15.2. The number of fused-ring (bicyclic) bond motifs is 12. The van der Waals surface area contributed by atoms with E-state index in [1.807, 2.05) is 0 Å². The molecule has 3 nitrogen and oxygen atoms in total. The van der Waals surface area contributed by atoms with Crippen molar-refractivity contribution in [2.75, 3.05) is 0 Å². The zero-order valence-corrected chi connectivity index (χ0v) is 24.3. The molecule has 0 saturated carbocycles. The molecule has 7 aromatic rings. The van der Waals surface area contributed by atoms with E-state index in [-0.39, 0.29) is 0 Å². The van der Waals surface area contributed by atoms with Crippen LogP contribution in [0.4, 0.5) is 0 Å². The second kappa shape index (κ2) is 8.86. The van der Waals surface area contributed by atoms with Crippen LogP contribution in [0.2, 0.25) is 0 Å². The predicted molar refractivity (Wildman–Crippen MR) is 172 cm³/mol. The molecule has 0 saturated heterocycles. The molecule has 0 radical (unpaired) electrons. The van der Waals surface area contributed by atoms with Crippen LogP contribution in [-0.2, 0) is 5.66 Å². The molecule has 0 bridgehead atoms. The summed E-state index contributed by atoms with van der Waals surface area (Å²) in [5.74, 6) is 1.60. The molecule has 0 fully saturated rings. The number of pyridine rings is 1. The summed E-state index contributed by atoms with van der Waals surface area (Å²) >= 11 is 0. The van der Waals surface area contributed by atoms with E-state index in [9.17, 15) is 0 Å². The Morgan fingerprint density at radius 1 is 0.581 bits per heavy atom. The van der Waals surface area contributed by atoms with E-state index in [4.69, 9.17) is 0 Å². The van der Waals surface area contributed by atoms with E-state index in [2.05, 4.69) is 173 Å². The summed E-state index contributed by atoms with van der Waals surface area (Å²) in [6.45, 7) is 4.58. The first-order valence-corrected chi connectivity index (χ1v) is 15.2. The monoisotopic (exact) mass is 553 g/mol. The highest BCUT2D eigenvalue weighted by molar-refractivity contribution is 5.84. The maximum atomic E-state index is 2.62. The molecule has 2 aromatic heterocycles. The third kappa shape index (κ3) is 3.09. The molecule has 5 aromatic carbocycles. The minimum absolute atomic E-state index is 0.388. The van der Waals surface area contributed by atoms with Gasteiger partial charge in [0.05, 0.1) is 22.3 Å². The van der Waals surface area contributed by atoms with Crippen molar-refractivity contribution in [2.24, 2.45) is 0 Å². The van der Waals surface area contributed by atoms with Gasteiger partial charge in [-0.05, 0) is 60.0 Å². The van der Waals surface area contributed by atoms with Gasteiger partial charge in [0, 0.05) is 17.2 Å². The molecule has 1 spiro atoms. The highest BCUT2D eigenvalue weighted by Gasteiger charge is 2.66. The number of para-hydroxylation sites is 3. The van der Waals surface area contributed by atoms with E-state index in [0.29, 0.717) is 5.92 Å². The number of hydrogen-bond donors (Lipinski definition) is 0. The van der Waals surface area contributed by atoms with E-state index >= 15 is 0 Å². The Morgan fingerprint density at radius 3 is 2.05 bits per heavy atom. The summed E-state index contributed by atoms with van der Waals surface area (Å²) < 4.78 is 7.68. The van der Waals surface area contributed by atoms with Crippen molar-refractivity contribution in [3.8, 4) is 39.5 Å². The van der Waals surface area contributed by atoms with E-state index in [1.165, 1.54) is 67.2 Å². The van der Waals surface area contributed by atoms with Crippen LogP contribution in [-0.4, -0.2) is 4.57 Å². The van der Waals surface area contributed by atoms with Gasteiger partial charge in [0.2, 0.25) is 5.69 Å². The maximum Gasteiger partial charge on any atom is 0.364 e. The van der Waals surface area contributed by atoms with Gasteiger partial charge in [-0.25, -0.2) is 0 Å². The topological polar surface area (TPSA) is 12.7 Å². The van der Waals surface area contributed by atoms with Crippen LogP contribution in [0.25, 0.3) is 50.5 Å². The molecule has 0 aliphatic carbocycles. The van der Waals surface area contributed by atoms with Crippen LogP contribution in [0, 0.1) is 0 Å². The van der Waals surface area contributed by atoms with E-state index < -0.39 is 5.66 Å². The molecule has 43 heavy (non-hydrogen) atoms. The lowest BCUT2D eigenvalue weighted by atomic mass is 9.89. The fourth-order valence-electron chi connectivity index (χ4n) is 7.70. The van der Waals surface area contributed by atoms with Crippen molar-refractivity contribution < 1.29 is 9.13 Å². The first kappa shape index (κ1) is 24.3. The summed E-state index contributed by atoms with van der Waals surface area (Å²) in [6, 6.07) is 51.1. The number of aromatic nitrogens is 3. The maximum absolute atomic E-state index is 2.62. The van der Waals surface area contributed by atoms with Gasteiger partial charge in [-0.2, -0.15) is 4.57 Å². The molecule has 4 heterocycles. The third-order valence-electron chi connectivity index (χ3n) is 9.44. The number of imidazole rings is 1. The Hall–Kier alpha value is -5.28. The lowest BCUT2D eigenvalue weighted by molar-refractivity contribution is -0.944. The SMILES string of the molecule is CC(C)c1ccccc1-n1c2[n+](c3ccccc31)C1(c3ccccc3-c3ccc(-c4ccccc4)c[n+]31)c1ccccc1-2. The van der Waals surface area contributed by atoms with Crippen LogP contribution < -0.4 is 9.13 Å². The third-order valence-corrected chi connectivity index (χ3v) is 9.44. The van der Waals surface area contributed by atoms with Crippen molar-refractivity contribution in [3.63, 3.8) is 0 Å². The summed E-state index contributed by atoms with van der Waals surface area (Å²) in [5, 5.41) is 0. The molecule has 204 valence electrons. The van der Waals surface area contributed by atoms with Gasteiger partial charge < -0.3 is 0 Å². The van der Waals surface area contributed by atoms with Crippen LogP contribution in [0.15, 0.2) is 146 Å². The summed E-state index contributed by atoms with van der Waals surface area (Å²) in [4.78, 5) is 0. The largest absolute Gasteiger partial charge is 0.364 e. The molecule has 2 aliphatic rings. The Bertz CT molecular complexity index is 2220. The molecular formula is C40H31N3+2. The number of rotatable bonds is 3. The van der Waals surface area contributed by atoms with Crippen molar-refractivity contribution in [1.82, 2.24) is 4.57 Å². The standard InChI is InChI=1S/C40H31N3/c1-27(2)30-16-8-11-21-36(30)42-37-22-12-13-23-38(37)43-39(42)32-18-7-10-20-34(32)40(43)33-19-9-6-17-31(33)35-25-24-29(26-41(35)40)28-14-4-3-5-15-28/h3-27H,1-2H3/q+2. The van der Waals surface area contributed by atoms with Crippen LogP contribution in [0.1, 0.15) is 36.5 Å². The van der Waals surface area contributed by atoms with E-state index in [0.717, 1.165) is 0 Å². The summed E-state index contributed by atoms with van der Waals surface area (Å²) in [6.07, 6.45) is 2.37.